The predicted molar refractivity (Wildman–Crippen MR) is 90.6 cm³/mol. The summed E-state index contributed by atoms with van der Waals surface area (Å²) in [5.41, 5.74) is 2.34. The van der Waals surface area contributed by atoms with E-state index in [1.54, 1.807) is 12.5 Å². The van der Waals surface area contributed by atoms with Gasteiger partial charge in [-0.25, -0.2) is 9.97 Å². The van der Waals surface area contributed by atoms with Crippen LogP contribution in [-0.2, 0) is 13.5 Å². The molecule has 0 unspecified atom stereocenters. The predicted octanol–water partition coefficient (Wildman–Crippen LogP) is 3.06. The zero-order valence-corrected chi connectivity index (χ0v) is 14.0. The van der Waals surface area contributed by atoms with Crippen LogP contribution in [0.4, 0.5) is 5.82 Å². The number of amides is 1. The van der Waals surface area contributed by atoms with Crippen LogP contribution >= 0.6 is 11.3 Å². The molecule has 0 saturated carbocycles. The number of anilines is 1. The highest BCUT2D eigenvalue weighted by atomic mass is 32.1. The minimum absolute atomic E-state index is 0.166. The first kappa shape index (κ1) is 15.4. The Morgan fingerprint density at radius 2 is 2.17 bits per heavy atom. The fourth-order valence-corrected chi connectivity index (χ4v) is 3.21. The van der Waals surface area contributed by atoms with Crippen LogP contribution in [-0.4, -0.2) is 25.4 Å². The average molecular weight is 327 g/mol. The highest BCUT2D eigenvalue weighted by Gasteiger charge is 2.19. The molecule has 6 nitrogen and oxygen atoms in total. The number of aryl methyl sites for hydroxylation is 3. The van der Waals surface area contributed by atoms with Crippen molar-refractivity contribution in [2.75, 3.05) is 5.32 Å². The molecule has 3 heterocycles. The summed E-state index contributed by atoms with van der Waals surface area (Å²) >= 11 is 1.35. The number of carbonyl (C=O) groups excluding carboxylic acids is 1. The number of aromatic nitrogens is 4. The van der Waals surface area contributed by atoms with Crippen molar-refractivity contribution in [2.45, 2.75) is 20.3 Å². The third-order valence-corrected chi connectivity index (χ3v) is 4.65. The number of rotatable bonds is 4. The molecule has 0 saturated heterocycles. The van der Waals surface area contributed by atoms with Crippen molar-refractivity contribution in [3.8, 4) is 10.7 Å². The van der Waals surface area contributed by atoms with Gasteiger partial charge in [0.15, 0.2) is 0 Å². The Morgan fingerprint density at radius 3 is 2.87 bits per heavy atom. The zero-order valence-electron chi connectivity index (χ0n) is 13.2. The van der Waals surface area contributed by atoms with Gasteiger partial charge in [0.1, 0.15) is 15.7 Å². The number of hydrogen-bond acceptors (Lipinski definition) is 5. The lowest BCUT2D eigenvalue weighted by atomic mass is 10.3. The van der Waals surface area contributed by atoms with Crippen molar-refractivity contribution in [2.24, 2.45) is 7.05 Å². The van der Waals surface area contributed by atoms with Gasteiger partial charge in [-0.15, -0.1) is 11.3 Å². The molecule has 0 spiro atoms. The van der Waals surface area contributed by atoms with E-state index >= 15 is 0 Å². The van der Waals surface area contributed by atoms with Gasteiger partial charge in [0, 0.05) is 13.2 Å². The van der Waals surface area contributed by atoms with Crippen LogP contribution in [0.5, 0.6) is 0 Å². The van der Waals surface area contributed by atoms with E-state index in [0.29, 0.717) is 10.6 Å². The Kier molecular flexibility index (Phi) is 4.20. The van der Waals surface area contributed by atoms with Gasteiger partial charge in [-0.1, -0.05) is 13.0 Å². The van der Waals surface area contributed by atoms with Gasteiger partial charge in [0.2, 0.25) is 0 Å². The molecule has 0 aliphatic carbocycles. The minimum atomic E-state index is -0.166. The number of imidazole rings is 1. The van der Waals surface area contributed by atoms with Crippen LogP contribution in [0.3, 0.4) is 0 Å². The smallest absolute Gasteiger partial charge is 0.268 e. The summed E-state index contributed by atoms with van der Waals surface area (Å²) in [6.07, 6.45) is 4.18. The molecule has 0 aromatic carbocycles. The Morgan fingerprint density at radius 1 is 1.35 bits per heavy atom. The van der Waals surface area contributed by atoms with Gasteiger partial charge < -0.3 is 9.88 Å². The maximum absolute atomic E-state index is 12.6. The third kappa shape index (κ3) is 3.00. The largest absolute Gasteiger partial charge is 0.320 e. The fraction of sp³-hybridized carbons (Fsp3) is 0.250. The van der Waals surface area contributed by atoms with Crippen LogP contribution in [0.15, 0.2) is 30.7 Å². The zero-order chi connectivity index (χ0) is 16.4. The maximum atomic E-state index is 12.6. The molecule has 0 aliphatic heterocycles. The molecule has 3 aromatic heterocycles. The summed E-state index contributed by atoms with van der Waals surface area (Å²) in [6, 6.07) is 5.64. The van der Waals surface area contributed by atoms with Crippen molar-refractivity contribution < 1.29 is 4.79 Å². The number of nitrogens with one attached hydrogen (secondary N) is 1. The van der Waals surface area contributed by atoms with Gasteiger partial charge in [-0.05, 0) is 25.5 Å². The molecular weight excluding hydrogens is 310 g/mol. The number of pyridine rings is 1. The maximum Gasteiger partial charge on any atom is 0.268 e. The van der Waals surface area contributed by atoms with Crippen LogP contribution in [0.1, 0.15) is 28.0 Å². The van der Waals surface area contributed by atoms with Crippen LogP contribution < -0.4 is 5.32 Å². The summed E-state index contributed by atoms with van der Waals surface area (Å²) in [4.78, 5) is 26.2. The highest BCUT2D eigenvalue weighted by Crippen LogP contribution is 2.27. The summed E-state index contributed by atoms with van der Waals surface area (Å²) < 4.78 is 1.81. The quantitative estimate of drug-likeness (QED) is 0.799. The van der Waals surface area contributed by atoms with E-state index in [9.17, 15) is 4.79 Å². The SMILES string of the molecule is CCc1ncn(C)c1NC(=O)c1sc(-c2ccccn2)nc1C. The minimum Gasteiger partial charge on any atom is -0.320 e. The molecule has 1 N–H and O–H groups in total. The molecule has 0 atom stereocenters. The van der Waals surface area contributed by atoms with Crippen molar-refractivity contribution in [1.29, 1.82) is 0 Å². The molecular formula is C16H17N5OS. The molecule has 0 radical (unpaired) electrons. The summed E-state index contributed by atoms with van der Waals surface area (Å²) in [5.74, 6) is 0.560. The molecule has 0 bridgehead atoms. The molecule has 3 aromatic rings. The Bertz CT molecular complexity index is 838. The molecule has 118 valence electrons. The van der Waals surface area contributed by atoms with E-state index in [1.807, 2.05) is 43.7 Å². The standard InChI is InChI=1S/C16H17N5OS/c1-4-11-14(21(3)9-18-11)20-15(22)13-10(2)19-16(23-13)12-7-5-6-8-17-12/h5-9H,4H2,1-3H3,(H,20,22). The van der Waals surface area contributed by atoms with E-state index in [4.69, 9.17) is 0 Å². The lowest BCUT2D eigenvalue weighted by Gasteiger charge is -2.06. The first-order chi connectivity index (χ1) is 11.1. The van der Waals surface area contributed by atoms with E-state index < -0.39 is 0 Å². The Balaban J connectivity index is 1.89. The van der Waals surface area contributed by atoms with Crippen LogP contribution in [0.25, 0.3) is 10.7 Å². The van der Waals surface area contributed by atoms with Gasteiger partial charge in [-0.3, -0.25) is 9.78 Å². The first-order valence-corrected chi connectivity index (χ1v) is 8.12. The lowest BCUT2D eigenvalue weighted by Crippen LogP contribution is -2.15. The van der Waals surface area contributed by atoms with Crippen molar-refractivity contribution in [1.82, 2.24) is 19.5 Å². The fourth-order valence-electron chi connectivity index (χ4n) is 2.27. The summed E-state index contributed by atoms with van der Waals surface area (Å²) in [7, 11) is 1.86. The van der Waals surface area contributed by atoms with Crippen LogP contribution in [0, 0.1) is 6.92 Å². The topological polar surface area (TPSA) is 72.7 Å². The van der Waals surface area contributed by atoms with E-state index in [2.05, 4.69) is 20.3 Å². The average Bonchev–Trinajstić information content (AvgIpc) is 3.12. The Labute approximate surface area is 138 Å². The first-order valence-electron chi connectivity index (χ1n) is 7.30. The Hall–Kier alpha value is -2.54. The molecule has 0 fully saturated rings. The molecule has 3 rings (SSSR count). The second kappa shape index (κ2) is 6.29. The normalized spacial score (nSPS) is 10.7. The van der Waals surface area contributed by atoms with E-state index in [-0.39, 0.29) is 5.91 Å². The molecule has 7 heteroatoms. The third-order valence-electron chi connectivity index (χ3n) is 3.47. The lowest BCUT2D eigenvalue weighted by molar-refractivity contribution is 0.102. The molecule has 23 heavy (non-hydrogen) atoms. The monoisotopic (exact) mass is 327 g/mol. The van der Waals surface area contributed by atoms with Gasteiger partial charge in [0.05, 0.1) is 23.4 Å². The van der Waals surface area contributed by atoms with Crippen molar-refractivity contribution in [3.05, 3.63) is 47.0 Å². The van der Waals surface area contributed by atoms with E-state index in [0.717, 1.165) is 28.6 Å². The van der Waals surface area contributed by atoms with Gasteiger partial charge >= 0.3 is 0 Å². The molecule has 1 amide bonds. The number of nitrogens with zero attached hydrogens (tertiary/aromatic N) is 4. The number of thiazole rings is 1. The second-order valence-corrected chi connectivity index (χ2v) is 6.11. The van der Waals surface area contributed by atoms with Crippen LogP contribution in [0.2, 0.25) is 0 Å². The highest BCUT2D eigenvalue weighted by molar-refractivity contribution is 7.17. The van der Waals surface area contributed by atoms with Crippen molar-refractivity contribution >= 4 is 23.1 Å². The number of carbonyl (C=O) groups is 1. The van der Waals surface area contributed by atoms with Gasteiger partial charge in [-0.2, -0.15) is 0 Å². The summed E-state index contributed by atoms with van der Waals surface area (Å²) in [5, 5.41) is 3.69. The summed E-state index contributed by atoms with van der Waals surface area (Å²) in [6.45, 7) is 3.84. The molecule has 0 aliphatic rings. The van der Waals surface area contributed by atoms with E-state index in [1.165, 1.54) is 11.3 Å². The van der Waals surface area contributed by atoms with Crippen molar-refractivity contribution in [3.63, 3.8) is 0 Å². The van der Waals surface area contributed by atoms with Gasteiger partial charge in [0.25, 0.3) is 5.91 Å². The second-order valence-electron chi connectivity index (χ2n) is 5.11. The number of hydrogen-bond donors (Lipinski definition) is 1.